The summed E-state index contributed by atoms with van der Waals surface area (Å²) >= 11 is 0. The van der Waals surface area contributed by atoms with Crippen molar-refractivity contribution in [1.82, 2.24) is 14.5 Å². The van der Waals surface area contributed by atoms with Gasteiger partial charge in [0.2, 0.25) is 5.91 Å². The molecule has 1 atom stereocenters. The Balaban J connectivity index is 1.89. The fourth-order valence-electron chi connectivity index (χ4n) is 3.95. The number of carbonyl (C=O) groups excluding carboxylic acids is 1. The quantitative estimate of drug-likeness (QED) is 0.672. The van der Waals surface area contributed by atoms with Gasteiger partial charge in [0, 0.05) is 58.4 Å². The van der Waals surface area contributed by atoms with Crippen LogP contribution in [0.1, 0.15) is 24.6 Å². The van der Waals surface area contributed by atoms with Crippen molar-refractivity contribution in [2.45, 2.75) is 25.6 Å². The van der Waals surface area contributed by atoms with Crippen LogP contribution in [0, 0.1) is 0 Å². The first-order chi connectivity index (χ1) is 14.5. The molecule has 1 N–H and O–H groups in total. The van der Waals surface area contributed by atoms with E-state index >= 15 is 0 Å². The highest BCUT2D eigenvalue weighted by molar-refractivity contribution is 5.98. The summed E-state index contributed by atoms with van der Waals surface area (Å²) in [5, 5.41) is 3.71. The number of aromatic nitrogens is 3. The van der Waals surface area contributed by atoms with Crippen LogP contribution in [0.3, 0.4) is 0 Å². The zero-order chi connectivity index (χ0) is 21.3. The average Bonchev–Trinajstić information content (AvgIpc) is 3.33. The van der Waals surface area contributed by atoms with Gasteiger partial charge in [0.1, 0.15) is 11.4 Å². The van der Waals surface area contributed by atoms with Gasteiger partial charge in [0.05, 0.1) is 36.3 Å². The number of rotatable bonds is 6. The normalized spacial score (nSPS) is 18.8. The Bertz CT molecular complexity index is 1090. The Morgan fingerprint density at radius 3 is 2.83 bits per heavy atom. The number of hydrogen-bond acceptors (Lipinski definition) is 6. The molecular formula is C22H26N4O4. The Labute approximate surface area is 175 Å². The van der Waals surface area contributed by atoms with E-state index in [9.17, 15) is 4.79 Å². The summed E-state index contributed by atoms with van der Waals surface area (Å²) in [6.07, 6.45) is 4.53. The average molecular weight is 410 g/mol. The molecule has 1 fully saturated rings. The largest absolute Gasteiger partial charge is 0.380 e. The molecular weight excluding hydrogens is 384 g/mol. The molecule has 1 aliphatic heterocycles. The minimum absolute atomic E-state index is 0.162. The maximum absolute atomic E-state index is 11.5. The van der Waals surface area contributed by atoms with Crippen molar-refractivity contribution in [2.75, 3.05) is 32.8 Å². The fourth-order valence-corrected chi connectivity index (χ4v) is 3.95. The number of aryl methyl sites for hydroxylation is 1. The van der Waals surface area contributed by atoms with E-state index in [4.69, 9.17) is 19.2 Å². The van der Waals surface area contributed by atoms with Gasteiger partial charge >= 0.3 is 0 Å². The van der Waals surface area contributed by atoms with Gasteiger partial charge in [0.15, 0.2) is 0 Å². The lowest BCUT2D eigenvalue weighted by Crippen LogP contribution is -2.30. The first kappa shape index (κ1) is 20.5. The van der Waals surface area contributed by atoms with Crippen LogP contribution in [0.2, 0.25) is 0 Å². The highest BCUT2D eigenvalue weighted by Crippen LogP contribution is 2.36. The third-order valence-corrected chi connectivity index (χ3v) is 5.50. The molecule has 0 saturated carbocycles. The van der Waals surface area contributed by atoms with Crippen LogP contribution in [0.25, 0.3) is 22.2 Å². The third kappa shape index (κ3) is 3.69. The van der Waals surface area contributed by atoms with Crippen LogP contribution >= 0.6 is 0 Å². The molecule has 3 aromatic rings. The molecule has 1 unspecified atom stereocenters. The zero-order valence-corrected chi connectivity index (χ0v) is 17.7. The molecule has 158 valence electrons. The van der Waals surface area contributed by atoms with E-state index < -0.39 is 5.60 Å². The number of anilines is 1. The van der Waals surface area contributed by atoms with Crippen molar-refractivity contribution in [3.8, 4) is 11.3 Å². The SMILES string of the molecule is COCc1cc(-c2cn(C)c3cnc(NC(C)=O)cc23)nc(C2(OC)CCOC2)c1. The van der Waals surface area contributed by atoms with Crippen LogP contribution in [0.4, 0.5) is 5.82 Å². The molecule has 4 rings (SSSR count). The van der Waals surface area contributed by atoms with Crippen molar-refractivity contribution in [1.29, 1.82) is 0 Å². The van der Waals surface area contributed by atoms with E-state index in [2.05, 4.69) is 10.3 Å². The minimum atomic E-state index is -0.564. The second kappa shape index (κ2) is 8.14. The molecule has 4 heterocycles. The molecule has 1 saturated heterocycles. The second-order valence-electron chi connectivity index (χ2n) is 7.60. The lowest BCUT2D eigenvalue weighted by Gasteiger charge is -2.26. The molecule has 30 heavy (non-hydrogen) atoms. The fraction of sp³-hybridized carbons (Fsp3) is 0.409. The molecule has 8 heteroatoms. The number of nitrogens with one attached hydrogen (secondary N) is 1. The van der Waals surface area contributed by atoms with E-state index in [-0.39, 0.29) is 5.91 Å². The predicted octanol–water partition coefficient (Wildman–Crippen LogP) is 3.00. The Morgan fingerprint density at radius 1 is 1.33 bits per heavy atom. The number of fused-ring (bicyclic) bond motifs is 1. The van der Waals surface area contributed by atoms with Crippen molar-refractivity contribution in [2.24, 2.45) is 7.05 Å². The molecule has 0 spiro atoms. The second-order valence-corrected chi connectivity index (χ2v) is 7.60. The van der Waals surface area contributed by atoms with Crippen LogP contribution in [-0.2, 0) is 38.3 Å². The number of carbonyl (C=O) groups is 1. The summed E-state index contributed by atoms with van der Waals surface area (Å²) in [6.45, 7) is 3.04. The van der Waals surface area contributed by atoms with Gasteiger partial charge in [-0.2, -0.15) is 0 Å². The smallest absolute Gasteiger partial charge is 0.222 e. The Hall–Kier alpha value is -2.81. The molecule has 1 amide bonds. The molecule has 3 aromatic heterocycles. The van der Waals surface area contributed by atoms with Crippen molar-refractivity contribution in [3.63, 3.8) is 0 Å². The molecule has 1 aliphatic rings. The maximum atomic E-state index is 11.5. The van der Waals surface area contributed by atoms with Crippen LogP contribution in [0.5, 0.6) is 0 Å². The Kier molecular flexibility index (Phi) is 5.55. The first-order valence-corrected chi connectivity index (χ1v) is 9.82. The van der Waals surface area contributed by atoms with Crippen LogP contribution < -0.4 is 5.32 Å². The van der Waals surface area contributed by atoms with Gasteiger partial charge in [-0.3, -0.25) is 4.79 Å². The summed E-state index contributed by atoms with van der Waals surface area (Å²) in [7, 11) is 5.34. The molecule has 0 aliphatic carbocycles. The highest BCUT2D eigenvalue weighted by atomic mass is 16.5. The van der Waals surface area contributed by atoms with Crippen LogP contribution in [-0.4, -0.2) is 47.9 Å². The minimum Gasteiger partial charge on any atom is -0.380 e. The number of ether oxygens (including phenoxy) is 3. The van der Waals surface area contributed by atoms with Gasteiger partial charge in [-0.25, -0.2) is 9.97 Å². The van der Waals surface area contributed by atoms with Crippen LogP contribution in [0.15, 0.2) is 30.6 Å². The van der Waals surface area contributed by atoms with Gasteiger partial charge in [-0.05, 0) is 23.8 Å². The van der Waals surface area contributed by atoms with Gasteiger partial charge in [-0.1, -0.05) is 0 Å². The van der Waals surface area contributed by atoms with Gasteiger partial charge in [-0.15, -0.1) is 0 Å². The third-order valence-electron chi connectivity index (χ3n) is 5.50. The number of hydrogen-bond donors (Lipinski definition) is 1. The van der Waals surface area contributed by atoms with E-state index in [0.717, 1.165) is 39.8 Å². The van der Waals surface area contributed by atoms with Crippen molar-refractivity contribution in [3.05, 3.63) is 41.9 Å². The van der Waals surface area contributed by atoms with E-state index in [0.29, 0.717) is 25.6 Å². The van der Waals surface area contributed by atoms with E-state index in [1.54, 1.807) is 20.4 Å². The molecule has 0 aromatic carbocycles. The summed E-state index contributed by atoms with van der Waals surface area (Å²) in [5.41, 5.74) is 3.99. The summed E-state index contributed by atoms with van der Waals surface area (Å²) in [5.74, 6) is 0.346. The zero-order valence-electron chi connectivity index (χ0n) is 17.7. The number of pyridine rings is 2. The standard InChI is InChI=1S/C22H26N4O4/c1-14(27)24-21-9-16-17(11-26(2)19(16)10-23-21)18-7-15(12-28-3)8-20(25-18)22(29-4)5-6-30-13-22/h7-11H,5-6,12-13H2,1-4H3,(H,23,24,27). The summed E-state index contributed by atoms with van der Waals surface area (Å²) < 4.78 is 18.9. The summed E-state index contributed by atoms with van der Waals surface area (Å²) in [4.78, 5) is 20.8. The molecule has 8 nitrogen and oxygen atoms in total. The predicted molar refractivity (Wildman–Crippen MR) is 113 cm³/mol. The van der Waals surface area contributed by atoms with E-state index in [1.165, 1.54) is 6.92 Å². The summed E-state index contributed by atoms with van der Waals surface area (Å²) in [6, 6.07) is 5.93. The maximum Gasteiger partial charge on any atom is 0.222 e. The van der Waals surface area contributed by atoms with E-state index in [1.807, 2.05) is 36.0 Å². The highest BCUT2D eigenvalue weighted by Gasteiger charge is 2.39. The van der Waals surface area contributed by atoms with Gasteiger partial charge < -0.3 is 24.1 Å². The number of methoxy groups -OCH3 is 2. The van der Waals surface area contributed by atoms with Crippen molar-refractivity contribution >= 4 is 22.6 Å². The van der Waals surface area contributed by atoms with Crippen molar-refractivity contribution < 1.29 is 19.0 Å². The van der Waals surface area contributed by atoms with Gasteiger partial charge in [0.25, 0.3) is 0 Å². The number of amides is 1. The lowest BCUT2D eigenvalue weighted by molar-refractivity contribution is -0.114. The Morgan fingerprint density at radius 2 is 2.17 bits per heavy atom. The lowest BCUT2D eigenvalue weighted by atomic mass is 9.95. The monoisotopic (exact) mass is 410 g/mol. The molecule has 0 bridgehead atoms. The topological polar surface area (TPSA) is 87.5 Å². The first-order valence-electron chi connectivity index (χ1n) is 9.82. The molecule has 0 radical (unpaired) electrons. The number of nitrogens with zero attached hydrogens (tertiary/aromatic N) is 3.